The first kappa shape index (κ1) is 11.5. The first-order chi connectivity index (χ1) is 6.92. The van der Waals surface area contributed by atoms with E-state index in [-0.39, 0.29) is 5.91 Å². The highest BCUT2D eigenvalue weighted by atomic mass is 16.5. The van der Waals surface area contributed by atoms with Gasteiger partial charge in [0.1, 0.15) is 11.5 Å². The van der Waals surface area contributed by atoms with Crippen molar-refractivity contribution >= 4 is 5.91 Å². The number of carbonyl (C=O) groups is 1. The summed E-state index contributed by atoms with van der Waals surface area (Å²) >= 11 is 0. The van der Waals surface area contributed by atoms with Crippen molar-refractivity contribution in [3.63, 3.8) is 0 Å². The van der Waals surface area contributed by atoms with Crippen LogP contribution >= 0.6 is 0 Å². The Morgan fingerprint density at radius 2 is 1.87 bits per heavy atom. The molecule has 0 bridgehead atoms. The molecule has 1 aromatic rings. The highest BCUT2D eigenvalue weighted by Gasteiger charge is 2.16. The van der Waals surface area contributed by atoms with Gasteiger partial charge in [-0.3, -0.25) is 4.79 Å². The Morgan fingerprint density at radius 1 is 1.33 bits per heavy atom. The maximum atomic E-state index is 11.5. The molecule has 0 radical (unpaired) electrons. The van der Waals surface area contributed by atoms with E-state index in [2.05, 4.69) is 5.32 Å². The minimum atomic E-state index is -1.21. The molecule has 0 spiro atoms. The number of amides is 1. The van der Waals surface area contributed by atoms with E-state index < -0.39 is 5.72 Å². The third-order valence-corrected chi connectivity index (χ3v) is 1.77. The fourth-order valence-electron chi connectivity index (χ4n) is 1.09. The van der Waals surface area contributed by atoms with Crippen molar-refractivity contribution < 1.29 is 14.6 Å². The molecule has 2 N–H and O–H groups in total. The average Bonchev–Trinajstić information content (AvgIpc) is 2.15. The number of rotatable bonds is 3. The van der Waals surface area contributed by atoms with Crippen molar-refractivity contribution in [2.24, 2.45) is 0 Å². The molecule has 0 atom stereocenters. The predicted molar refractivity (Wildman–Crippen MR) is 56.8 cm³/mol. The summed E-state index contributed by atoms with van der Waals surface area (Å²) in [6.45, 7) is 3.02. The average molecular weight is 209 g/mol. The number of aliphatic hydroxyl groups is 1. The topological polar surface area (TPSA) is 58.6 Å². The second-order valence-electron chi connectivity index (χ2n) is 3.74. The van der Waals surface area contributed by atoms with Gasteiger partial charge >= 0.3 is 0 Å². The minimum absolute atomic E-state index is 0.315. The van der Waals surface area contributed by atoms with Gasteiger partial charge in [0.05, 0.1) is 7.11 Å². The molecule has 0 aliphatic heterocycles. The largest absolute Gasteiger partial charge is 0.497 e. The van der Waals surface area contributed by atoms with E-state index in [9.17, 15) is 9.90 Å². The summed E-state index contributed by atoms with van der Waals surface area (Å²) < 4.78 is 4.97. The van der Waals surface area contributed by atoms with Crippen LogP contribution in [0.4, 0.5) is 0 Å². The Morgan fingerprint density at radius 3 is 2.27 bits per heavy atom. The highest BCUT2D eigenvalue weighted by Crippen LogP contribution is 2.11. The zero-order chi connectivity index (χ0) is 11.5. The molecule has 0 saturated carbocycles. The summed E-state index contributed by atoms with van der Waals surface area (Å²) in [6.07, 6.45) is 0. The SMILES string of the molecule is COc1ccc(C(=O)NC(C)(C)O)cc1. The van der Waals surface area contributed by atoms with Crippen molar-refractivity contribution in [3.8, 4) is 5.75 Å². The summed E-state index contributed by atoms with van der Waals surface area (Å²) in [4.78, 5) is 11.5. The van der Waals surface area contributed by atoms with Crippen LogP contribution in [-0.4, -0.2) is 23.8 Å². The lowest BCUT2D eigenvalue weighted by molar-refractivity contribution is 0.0376. The number of benzene rings is 1. The van der Waals surface area contributed by atoms with E-state index in [0.717, 1.165) is 0 Å². The molecule has 0 aliphatic rings. The molecule has 0 unspecified atom stereocenters. The van der Waals surface area contributed by atoms with Gasteiger partial charge in [0.25, 0.3) is 5.91 Å². The number of ether oxygens (including phenoxy) is 1. The van der Waals surface area contributed by atoms with Crippen LogP contribution in [0.5, 0.6) is 5.75 Å². The third kappa shape index (κ3) is 3.59. The van der Waals surface area contributed by atoms with Gasteiger partial charge in [-0.25, -0.2) is 0 Å². The van der Waals surface area contributed by atoms with Gasteiger partial charge in [0.2, 0.25) is 0 Å². The molecule has 1 amide bonds. The van der Waals surface area contributed by atoms with Crippen LogP contribution in [-0.2, 0) is 0 Å². The second kappa shape index (κ2) is 4.31. The maximum Gasteiger partial charge on any atom is 0.253 e. The maximum absolute atomic E-state index is 11.5. The van der Waals surface area contributed by atoms with Crippen molar-refractivity contribution in [1.29, 1.82) is 0 Å². The molecule has 4 nitrogen and oxygen atoms in total. The minimum Gasteiger partial charge on any atom is -0.497 e. The predicted octanol–water partition coefficient (Wildman–Crippen LogP) is 1.15. The van der Waals surface area contributed by atoms with Crippen molar-refractivity contribution in [2.75, 3.05) is 7.11 Å². The van der Waals surface area contributed by atoms with Gasteiger partial charge in [-0.15, -0.1) is 0 Å². The summed E-state index contributed by atoms with van der Waals surface area (Å²) in [6, 6.07) is 6.67. The fourth-order valence-corrected chi connectivity index (χ4v) is 1.09. The van der Waals surface area contributed by atoms with Crippen LogP contribution in [0.15, 0.2) is 24.3 Å². The quantitative estimate of drug-likeness (QED) is 0.734. The first-order valence-electron chi connectivity index (χ1n) is 4.61. The van der Waals surface area contributed by atoms with Gasteiger partial charge in [0, 0.05) is 5.56 Å². The Bertz CT molecular complexity index is 338. The zero-order valence-electron chi connectivity index (χ0n) is 9.07. The second-order valence-corrected chi connectivity index (χ2v) is 3.74. The normalized spacial score (nSPS) is 10.9. The zero-order valence-corrected chi connectivity index (χ0v) is 9.07. The molecule has 4 heteroatoms. The third-order valence-electron chi connectivity index (χ3n) is 1.77. The van der Waals surface area contributed by atoms with Gasteiger partial charge < -0.3 is 15.2 Å². The number of carbonyl (C=O) groups excluding carboxylic acids is 1. The lowest BCUT2D eigenvalue weighted by Gasteiger charge is -2.19. The molecular formula is C11H15NO3. The number of hydrogen-bond acceptors (Lipinski definition) is 3. The molecular weight excluding hydrogens is 194 g/mol. The van der Waals surface area contributed by atoms with Crippen molar-refractivity contribution in [1.82, 2.24) is 5.32 Å². The highest BCUT2D eigenvalue weighted by molar-refractivity contribution is 5.94. The first-order valence-corrected chi connectivity index (χ1v) is 4.61. The van der Waals surface area contributed by atoms with E-state index in [1.165, 1.54) is 13.8 Å². The van der Waals surface area contributed by atoms with E-state index in [0.29, 0.717) is 11.3 Å². The molecule has 0 heterocycles. The van der Waals surface area contributed by atoms with Gasteiger partial charge in [0.15, 0.2) is 0 Å². The van der Waals surface area contributed by atoms with E-state index in [1.54, 1.807) is 31.4 Å². The van der Waals surface area contributed by atoms with E-state index >= 15 is 0 Å². The lowest BCUT2D eigenvalue weighted by Crippen LogP contribution is -2.43. The standard InChI is InChI=1S/C11H15NO3/c1-11(2,14)12-10(13)8-4-6-9(15-3)7-5-8/h4-7,14H,1-3H3,(H,12,13). The smallest absolute Gasteiger partial charge is 0.253 e. The van der Waals surface area contributed by atoms with E-state index in [4.69, 9.17) is 4.74 Å². The molecule has 0 aliphatic carbocycles. The van der Waals surface area contributed by atoms with Crippen LogP contribution in [0.1, 0.15) is 24.2 Å². The number of methoxy groups -OCH3 is 1. The Hall–Kier alpha value is -1.55. The fraction of sp³-hybridized carbons (Fsp3) is 0.364. The lowest BCUT2D eigenvalue weighted by atomic mass is 10.2. The van der Waals surface area contributed by atoms with Crippen LogP contribution in [0.2, 0.25) is 0 Å². The van der Waals surface area contributed by atoms with Crippen molar-refractivity contribution in [2.45, 2.75) is 19.6 Å². The molecule has 15 heavy (non-hydrogen) atoms. The summed E-state index contributed by atoms with van der Waals surface area (Å²) in [5, 5.41) is 11.8. The summed E-state index contributed by atoms with van der Waals surface area (Å²) in [7, 11) is 1.56. The Labute approximate surface area is 88.9 Å². The van der Waals surface area contributed by atoms with Gasteiger partial charge in [-0.1, -0.05) is 0 Å². The van der Waals surface area contributed by atoms with Gasteiger partial charge in [-0.2, -0.15) is 0 Å². The molecule has 0 fully saturated rings. The van der Waals surface area contributed by atoms with E-state index in [1.807, 2.05) is 0 Å². The molecule has 82 valence electrons. The van der Waals surface area contributed by atoms with Crippen LogP contribution in [0.3, 0.4) is 0 Å². The Balaban J connectivity index is 2.75. The van der Waals surface area contributed by atoms with Crippen LogP contribution < -0.4 is 10.1 Å². The van der Waals surface area contributed by atoms with Crippen molar-refractivity contribution in [3.05, 3.63) is 29.8 Å². The van der Waals surface area contributed by atoms with Crippen LogP contribution in [0, 0.1) is 0 Å². The van der Waals surface area contributed by atoms with Gasteiger partial charge in [-0.05, 0) is 38.1 Å². The molecule has 1 aromatic carbocycles. The monoisotopic (exact) mass is 209 g/mol. The Kier molecular flexibility index (Phi) is 3.31. The summed E-state index contributed by atoms with van der Waals surface area (Å²) in [5.41, 5.74) is -0.727. The summed E-state index contributed by atoms with van der Waals surface area (Å²) in [5.74, 6) is 0.375. The molecule has 0 aromatic heterocycles. The molecule has 0 saturated heterocycles. The number of hydrogen-bond donors (Lipinski definition) is 2. The number of nitrogens with one attached hydrogen (secondary N) is 1. The van der Waals surface area contributed by atoms with Crippen LogP contribution in [0.25, 0.3) is 0 Å². The molecule has 1 rings (SSSR count).